The Balaban J connectivity index is 1.62. The Hall–Kier alpha value is -0.900. The first-order valence-electron chi connectivity index (χ1n) is 5.83. The van der Waals surface area contributed by atoms with Crippen molar-refractivity contribution in [3.05, 3.63) is 12.2 Å². The average molecular weight is 209 g/mol. The first kappa shape index (κ1) is 10.6. The summed E-state index contributed by atoms with van der Waals surface area (Å²) in [5, 5.41) is 7.34. The Kier molecular flexibility index (Phi) is 3.72. The van der Waals surface area contributed by atoms with Gasteiger partial charge in [0.1, 0.15) is 0 Å². The van der Waals surface area contributed by atoms with Gasteiger partial charge in [0.2, 0.25) is 6.39 Å². The molecule has 2 rings (SSSR count). The molecule has 0 aliphatic heterocycles. The van der Waals surface area contributed by atoms with Crippen molar-refractivity contribution in [2.45, 2.75) is 45.1 Å². The van der Waals surface area contributed by atoms with Crippen molar-refractivity contribution < 1.29 is 4.52 Å². The highest BCUT2D eigenvalue weighted by Gasteiger charge is 2.17. The van der Waals surface area contributed by atoms with Gasteiger partial charge in [0.25, 0.3) is 0 Å². The molecular weight excluding hydrogens is 190 g/mol. The Bertz CT molecular complexity index is 265. The molecule has 0 saturated heterocycles. The van der Waals surface area contributed by atoms with E-state index in [4.69, 9.17) is 0 Å². The summed E-state index contributed by atoms with van der Waals surface area (Å²) in [7, 11) is 0. The zero-order chi connectivity index (χ0) is 10.5. The van der Waals surface area contributed by atoms with Crippen LogP contribution in [0.3, 0.4) is 0 Å². The molecule has 1 aliphatic carbocycles. The Morgan fingerprint density at radius 1 is 1.40 bits per heavy atom. The summed E-state index contributed by atoms with van der Waals surface area (Å²) in [6.07, 6.45) is 7.60. The minimum absolute atomic E-state index is 0.702. The highest BCUT2D eigenvalue weighted by molar-refractivity contribution is 4.81. The number of hydrogen-bond donors (Lipinski definition) is 1. The van der Waals surface area contributed by atoms with E-state index in [9.17, 15) is 0 Å². The van der Waals surface area contributed by atoms with Gasteiger partial charge in [-0.1, -0.05) is 12.1 Å². The lowest BCUT2D eigenvalue weighted by molar-refractivity contribution is 0.308. The smallest absolute Gasteiger partial charge is 0.213 e. The van der Waals surface area contributed by atoms with Crippen molar-refractivity contribution in [1.82, 2.24) is 15.5 Å². The van der Waals surface area contributed by atoms with Crippen molar-refractivity contribution in [3.8, 4) is 0 Å². The summed E-state index contributed by atoms with van der Waals surface area (Å²) in [6.45, 7) is 3.30. The monoisotopic (exact) mass is 209 g/mol. The van der Waals surface area contributed by atoms with Crippen LogP contribution in [0.1, 0.15) is 38.4 Å². The highest BCUT2D eigenvalue weighted by atomic mass is 16.5. The highest BCUT2D eigenvalue weighted by Crippen LogP contribution is 2.23. The Morgan fingerprint density at radius 3 is 2.87 bits per heavy atom. The normalized spacial score (nSPS) is 26.7. The molecule has 0 radical (unpaired) electrons. The fourth-order valence-electron chi connectivity index (χ4n) is 2.15. The van der Waals surface area contributed by atoms with E-state index >= 15 is 0 Å². The van der Waals surface area contributed by atoms with Crippen LogP contribution in [0, 0.1) is 5.92 Å². The van der Waals surface area contributed by atoms with Gasteiger partial charge >= 0.3 is 0 Å². The molecule has 0 atom stereocenters. The van der Waals surface area contributed by atoms with E-state index in [2.05, 4.69) is 26.9 Å². The van der Waals surface area contributed by atoms with Crippen molar-refractivity contribution in [1.29, 1.82) is 0 Å². The minimum Gasteiger partial charge on any atom is -0.343 e. The second-order valence-electron chi connectivity index (χ2n) is 4.51. The van der Waals surface area contributed by atoms with E-state index in [0.717, 1.165) is 24.7 Å². The van der Waals surface area contributed by atoms with Crippen LogP contribution in [-0.2, 0) is 6.42 Å². The molecule has 1 fully saturated rings. The molecular formula is C11H19N3O. The van der Waals surface area contributed by atoms with E-state index in [0.29, 0.717) is 6.04 Å². The van der Waals surface area contributed by atoms with Gasteiger partial charge < -0.3 is 9.84 Å². The first-order chi connectivity index (χ1) is 7.34. The van der Waals surface area contributed by atoms with Gasteiger partial charge in [0, 0.05) is 19.0 Å². The second kappa shape index (κ2) is 5.26. The van der Waals surface area contributed by atoms with E-state index in [1.54, 1.807) is 0 Å². The van der Waals surface area contributed by atoms with Gasteiger partial charge in [0.05, 0.1) is 0 Å². The van der Waals surface area contributed by atoms with Crippen LogP contribution in [0.15, 0.2) is 10.9 Å². The van der Waals surface area contributed by atoms with Gasteiger partial charge in [0.15, 0.2) is 5.82 Å². The topological polar surface area (TPSA) is 51.0 Å². The van der Waals surface area contributed by atoms with Crippen molar-refractivity contribution in [2.24, 2.45) is 5.92 Å². The molecule has 1 heterocycles. The third kappa shape index (κ3) is 3.30. The summed E-state index contributed by atoms with van der Waals surface area (Å²) in [4.78, 5) is 3.99. The summed E-state index contributed by atoms with van der Waals surface area (Å²) in [5.41, 5.74) is 0. The molecule has 0 bridgehead atoms. The Labute approximate surface area is 90.4 Å². The molecule has 84 valence electrons. The van der Waals surface area contributed by atoms with E-state index in [1.807, 2.05) is 0 Å². The molecule has 1 N–H and O–H groups in total. The van der Waals surface area contributed by atoms with E-state index < -0.39 is 0 Å². The lowest BCUT2D eigenvalue weighted by atomic mass is 9.87. The third-order valence-corrected chi connectivity index (χ3v) is 3.20. The number of nitrogens with zero attached hydrogens (tertiary/aromatic N) is 2. The second-order valence-corrected chi connectivity index (χ2v) is 4.51. The molecule has 15 heavy (non-hydrogen) atoms. The van der Waals surface area contributed by atoms with Crippen LogP contribution in [0.4, 0.5) is 0 Å². The predicted molar refractivity (Wildman–Crippen MR) is 57.4 cm³/mol. The number of hydrogen-bond acceptors (Lipinski definition) is 4. The Morgan fingerprint density at radius 2 is 2.20 bits per heavy atom. The first-order valence-corrected chi connectivity index (χ1v) is 5.83. The maximum atomic E-state index is 4.68. The third-order valence-electron chi connectivity index (χ3n) is 3.20. The van der Waals surface area contributed by atoms with Crippen LogP contribution >= 0.6 is 0 Å². The molecule has 1 aromatic heterocycles. The summed E-state index contributed by atoms with van der Waals surface area (Å²) in [5.74, 6) is 1.71. The molecule has 1 saturated carbocycles. The lowest BCUT2D eigenvalue weighted by Gasteiger charge is -2.26. The van der Waals surface area contributed by atoms with Gasteiger partial charge in [-0.2, -0.15) is 4.98 Å². The molecule has 4 heteroatoms. The van der Waals surface area contributed by atoms with Crippen LogP contribution in [0.25, 0.3) is 0 Å². The summed E-state index contributed by atoms with van der Waals surface area (Å²) < 4.78 is 4.68. The zero-order valence-electron chi connectivity index (χ0n) is 9.28. The van der Waals surface area contributed by atoms with Gasteiger partial charge in [-0.3, -0.25) is 0 Å². The molecule has 0 amide bonds. The van der Waals surface area contributed by atoms with E-state index in [-0.39, 0.29) is 0 Å². The van der Waals surface area contributed by atoms with Crippen LogP contribution < -0.4 is 5.32 Å². The van der Waals surface area contributed by atoms with Gasteiger partial charge in [-0.05, 0) is 31.6 Å². The van der Waals surface area contributed by atoms with Gasteiger partial charge in [-0.15, -0.1) is 0 Å². The van der Waals surface area contributed by atoms with Crippen molar-refractivity contribution in [2.75, 3.05) is 6.54 Å². The van der Waals surface area contributed by atoms with Crippen molar-refractivity contribution >= 4 is 0 Å². The SMILES string of the molecule is CC1CCC(NCCc2ncon2)CC1. The molecule has 4 nitrogen and oxygen atoms in total. The lowest BCUT2D eigenvalue weighted by Crippen LogP contribution is -2.34. The largest absolute Gasteiger partial charge is 0.343 e. The number of aromatic nitrogens is 2. The fourth-order valence-corrected chi connectivity index (χ4v) is 2.15. The van der Waals surface area contributed by atoms with Crippen LogP contribution in [-0.4, -0.2) is 22.7 Å². The molecule has 0 unspecified atom stereocenters. The van der Waals surface area contributed by atoms with Gasteiger partial charge in [-0.25, -0.2) is 0 Å². The maximum absolute atomic E-state index is 4.68. The zero-order valence-corrected chi connectivity index (χ0v) is 9.28. The maximum Gasteiger partial charge on any atom is 0.213 e. The molecule has 0 spiro atoms. The number of nitrogens with one attached hydrogen (secondary N) is 1. The van der Waals surface area contributed by atoms with Crippen molar-refractivity contribution in [3.63, 3.8) is 0 Å². The summed E-state index contributed by atoms with van der Waals surface area (Å²) >= 11 is 0. The molecule has 0 aromatic carbocycles. The quantitative estimate of drug-likeness (QED) is 0.821. The number of rotatable bonds is 4. The fraction of sp³-hybridized carbons (Fsp3) is 0.818. The molecule has 1 aliphatic rings. The minimum atomic E-state index is 0.702. The van der Waals surface area contributed by atoms with E-state index in [1.165, 1.54) is 32.1 Å². The predicted octanol–water partition coefficient (Wildman–Crippen LogP) is 1.78. The van der Waals surface area contributed by atoms with Crippen LogP contribution in [0.2, 0.25) is 0 Å². The average Bonchev–Trinajstić information content (AvgIpc) is 2.74. The molecule has 1 aromatic rings. The summed E-state index contributed by atoms with van der Waals surface area (Å²) in [6, 6.07) is 0.702. The standard InChI is InChI=1S/C11H19N3O/c1-9-2-4-10(5-3-9)12-7-6-11-13-8-15-14-11/h8-10,12H,2-7H2,1H3. The van der Waals surface area contributed by atoms with Crippen LogP contribution in [0.5, 0.6) is 0 Å².